The van der Waals surface area contributed by atoms with Gasteiger partial charge in [-0.2, -0.15) is 0 Å². The summed E-state index contributed by atoms with van der Waals surface area (Å²) in [5.41, 5.74) is 6.16. The Morgan fingerprint density at radius 2 is 2.06 bits per heavy atom. The SMILES string of the molecule is COC(=O)c1nc(C)n(CC(C)(C)C)c1N. The number of imidazole rings is 1. The molecule has 5 heteroatoms. The molecule has 16 heavy (non-hydrogen) atoms. The zero-order valence-corrected chi connectivity index (χ0v) is 10.5. The molecule has 2 N–H and O–H groups in total. The van der Waals surface area contributed by atoms with Crippen molar-refractivity contribution in [3.05, 3.63) is 11.5 Å². The molecule has 0 atom stereocenters. The normalized spacial score (nSPS) is 11.6. The van der Waals surface area contributed by atoms with Gasteiger partial charge >= 0.3 is 5.97 Å². The summed E-state index contributed by atoms with van der Waals surface area (Å²) in [6.07, 6.45) is 0. The summed E-state index contributed by atoms with van der Waals surface area (Å²) < 4.78 is 6.46. The number of esters is 1. The smallest absolute Gasteiger partial charge is 0.360 e. The number of ether oxygens (including phenoxy) is 1. The van der Waals surface area contributed by atoms with Crippen molar-refractivity contribution in [1.29, 1.82) is 0 Å². The van der Waals surface area contributed by atoms with E-state index in [1.54, 1.807) is 0 Å². The lowest BCUT2D eigenvalue weighted by Gasteiger charge is -2.20. The first-order valence-electron chi connectivity index (χ1n) is 5.17. The van der Waals surface area contributed by atoms with Crippen molar-refractivity contribution < 1.29 is 9.53 Å². The Balaban J connectivity index is 3.12. The first kappa shape index (κ1) is 12.5. The van der Waals surface area contributed by atoms with Crippen molar-refractivity contribution in [1.82, 2.24) is 9.55 Å². The van der Waals surface area contributed by atoms with E-state index < -0.39 is 5.97 Å². The molecule has 0 aromatic carbocycles. The first-order valence-corrected chi connectivity index (χ1v) is 5.17. The molecule has 0 aliphatic rings. The molecule has 0 fully saturated rings. The predicted octanol–water partition coefficient (Wildman–Crippen LogP) is 1.61. The lowest BCUT2D eigenvalue weighted by atomic mass is 9.97. The zero-order chi connectivity index (χ0) is 12.5. The van der Waals surface area contributed by atoms with Gasteiger partial charge in [-0.05, 0) is 12.3 Å². The third-order valence-electron chi connectivity index (χ3n) is 2.21. The Morgan fingerprint density at radius 3 is 2.50 bits per heavy atom. The molecular formula is C11H19N3O2. The molecule has 0 aliphatic heterocycles. The van der Waals surface area contributed by atoms with Gasteiger partial charge in [0.2, 0.25) is 0 Å². The summed E-state index contributed by atoms with van der Waals surface area (Å²) in [4.78, 5) is 15.5. The maximum atomic E-state index is 11.4. The van der Waals surface area contributed by atoms with E-state index in [-0.39, 0.29) is 11.1 Å². The molecule has 0 spiro atoms. The van der Waals surface area contributed by atoms with Crippen LogP contribution in [0.4, 0.5) is 5.82 Å². The largest absolute Gasteiger partial charge is 0.464 e. The van der Waals surface area contributed by atoms with Gasteiger partial charge in [-0.1, -0.05) is 20.8 Å². The highest BCUT2D eigenvalue weighted by Crippen LogP contribution is 2.22. The number of aromatic nitrogens is 2. The van der Waals surface area contributed by atoms with E-state index in [0.717, 1.165) is 5.82 Å². The second kappa shape index (κ2) is 4.15. The molecule has 0 saturated carbocycles. The summed E-state index contributed by atoms with van der Waals surface area (Å²) >= 11 is 0. The van der Waals surface area contributed by atoms with Crippen molar-refractivity contribution in [3.8, 4) is 0 Å². The third kappa shape index (κ3) is 2.53. The number of nitrogen functional groups attached to an aromatic ring is 1. The van der Waals surface area contributed by atoms with Crippen LogP contribution in [-0.2, 0) is 11.3 Å². The topological polar surface area (TPSA) is 70.1 Å². The molecule has 0 unspecified atom stereocenters. The minimum atomic E-state index is -0.492. The van der Waals surface area contributed by atoms with Gasteiger partial charge in [0.1, 0.15) is 11.6 Å². The maximum absolute atomic E-state index is 11.4. The summed E-state index contributed by atoms with van der Waals surface area (Å²) in [6.45, 7) is 8.85. The zero-order valence-electron chi connectivity index (χ0n) is 10.5. The summed E-state index contributed by atoms with van der Waals surface area (Å²) in [6, 6.07) is 0. The van der Waals surface area contributed by atoms with Gasteiger partial charge in [0.15, 0.2) is 5.69 Å². The number of hydrogen-bond acceptors (Lipinski definition) is 4. The number of carbonyl (C=O) groups excluding carboxylic acids is 1. The van der Waals surface area contributed by atoms with Crippen molar-refractivity contribution in [2.75, 3.05) is 12.8 Å². The fourth-order valence-corrected chi connectivity index (χ4v) is 1.50. The molecule has 1 aromatic heterocycles. The average molecular weight is 225 g/mol. The van der Waals surface area contributed by atoms with Crippen LogP contribution < -0.4 is 5.73 Å². The minimum absolute atomic E-state index is 0.0764. The van der Waals surface area contributed by atoms with Crippen LogP contribution in [0.3, 0.4) is 0 Å². The number of hydrogen-bond donors (Lipinski definition) is 1. The number of carbonyl (C=O) groups is 1. The molecule has 0 bridgehead atoms. The average Bonchev–Trinajstić information content (AvgIpc) is 2.42. The maximum Gasteiger partial charge on any atom is 0.360 e. The molecule has 0 amide bonds. The number of nitrogens with zero attached hydrogens (tertiary/aromatic N) is 2. The van der Waals surface area contributed by atoms with Crippen LogP contribution >= 0.6 is 0 Å². The number of nitrogens with two attached hydrogens (primary N) is 1. The van der Waals surface area contributed by atoms with E-state index in [1.165, 1.54) is 7.11 Å². The molecule has 5 nitrogen and oxygen atoms in total. The quantitative estimate of drug-likeness (QED) is 0.776. The van der Waals surface area contributed by atoms with Gasteiger partial charge < -0.3 is 15.0 Å². The van der Waals surface area contributed by atoms with Crippen molar-refractivity contribution in [3.63, 3.8) is 0 Å². The van der Waals surface area contributed by atoms with Crippen LogP contribution in [0.25, 0.3) is 0 Å². The van der Waals surface area contributed by atoms with Gasteiger partial charge in [0, 0.05) is 6.54 Å². The van der Waals surface area contributed by atoms with Gasteiger partial charge in [-0.25, -0.2) is 9.78 Å². The van der Waals surface area contributed by atoms with Crippen molar-refractivity contribution >= 4 is 11.8 Å². The summed E-state index contributed by atoms with van der Waals surface area (Å²) in [7, 11) is 1.32. The van der Waals surface area contributed by atoms with Crippen molar-refractivity contribution in [2.45, 2.75) is 34.2 Å². The van der Waals surface area contributed by atoms with E-state index in [1.807, 2.05) is 11.5 Å². The lowest BCUT2D eigenvalue weighted by Crippen LogP contribution is -2.18. The van der Waals surface area contributed by atoms with Crippen LogP contribution in [0.2, 0.25) is 0 Å². The summed E-state index contributed by atoms with van der Waals surface area (Å²) in [5, 5.41) is 0. The van der Waals surface area contributed by atoms with Crippen LogP contribution in [0.15, 0.2) is 0 Å². The van der Waals surface area contributed by atoms with Crippen LogP contribution in [-0.4, -0.2) is 22.6 Å². The molecule has 0 aliphatic carbocycles. The molecule has 0 saturated heterocycles. The first-order chi connectivity index (χ1) is 7.26. The molecule has 1 aromatic rings. The molecule has 1 rings (SSSR count). The highest BCUT2D eigenvalue weighted by molar-refractivity contribution is 5.92. The highest BCUT2D eigenvalue weighted by atomic mass is 16.5. The molecule has 0 radical (unpaired) electrons. The number of methoxy groups -OCH3 is 1. The standard InChI is InChI=1S/C11H19N3O2/c1-7-13-8(10(15)16-5)9(12)14(7)6-11(2,3)4/h6,12H2,1-5H3. The Labute approximate surface area is 95.6 Å². The Hall–Kier alpha value is -1.52. The number of anilines is 1. The highest BCUT2D eigenvalue weighted by Gasteiger charge is 2.22. The van der Waals surface area contributed by atoms with Gasteiger partial charge in [0.05, 0.1) is 7.11 Å². The fourth-order valence-electron chi connectivity index (χ4n) is 1.50. The Morgan fingerprint density at radius 1 is 1.50 bits per heavy atom. The van der Waals surface area contributed by atoms with E-state index in [9.17, 15) is 4.79 Å². The second-order valence-electron chi connectivity index (χ2n) is 5.03. The van der Waals surface area contributed by atoms with Gasteiger partial charge in [-0.3, -0.25) is 0 Å². The van der Waals surface area contributed by atoms with Crippen LogP contribution in [0, 0.1) is 12.3 Å². The van der Waals surface area contributed by atoms with E-state index in [0.29, 0.717) is 12.4 Å². The Kier molecular flexibility index (Phi) is 3.26. The van der Waals surface area contributed by atoms with Crippen molar-refractivity contribution in [2.24, 2.45) is 5.41 Å². The van der Waals surface area contributed by atoms with E-state index in [2.05, 4.69) is 30.5 Å². The summed E-state index contributed by atoms with van der Waals surface area (Å²) in [5.74, 6) is 0.611. The number of aryl methyl sites for hydroxylation is 1. The van der Waals surface area contributed by atoms with Gasteiger partial charge in [-0.15, -0.1) is 0 Å². The van der Waals surface area contributed by atoms with Crippen LogP contribution in [0.5, 0.6) is 0 Å². The number of rotatable bonds is 2. The third-order valence-corrected chi connectivity index (χ3v) is 2.21. The fraction of sp³-hybridized carbons (Fsp3) is 0.636. The van der Waals surface area contributed by atoms with E-state index in [4.69, 9.17) is 5.73 Å². The molecule has 90 valence electrons. The minimum Gasteiger partial charge on any atom is -0.464 e. The monoisotopic (exact) mass is 225 g/mol. The van der Waals surface area contributed by atoms with Gasteiger partial charge in [0.25, 0.3) is 0 Å². The second-order valence-corrected chi connectivity index (χ2v) is 5.03. The Bertz CT molecular complexity index is 402. The molecular weight excluding hydrogens is 206 g/mol. The predicted molar refractivity (Wildman–Crippen MR) is 62.2 cm³/mol. The van der Waals surface area contributed by atoms with Crippen LogP contribution in [0.1, 0.15) is 37.1 Å². The van der Waals surface area contributed by atoms with E-state index >= 15 is 0 Å². The molecule has 1 heterocycles. The lowest BCUT2D eigenvalue weighted by molar-refractivity contribution is 0.0595.